The molecule has 0 saturated carbocycles. The summed E-state index contributed by atoms with van der Waals surface area (Å²) in [5.74, 6) is -0.272. The summed E-state index contributed by atoms with van der Waals surface area (Å²) < 4.78 is 0. The van der Waals surface area contributed by atoms with E-state index < -0.39 is 5.97 Å². The molecule has 2 atom stereocenters. The molecule has 0 aromatic carbocycles. The van der Waals surface area contributed by atoms with Crippen molar-refractivity contribution in [1.82, 2.24) is 9.80 Å². The van der Waals surface area contributed by atoms with Crippen molar-refractivity contribution < 1.29 is 14.7 Å². The van der Waals surface area contributed by atoms with E-state index in [1.807, 2.05) is 16.7 Å². The quantitative estimate of drug-likeness (QED) is 0.871. The van der Waals surface area contributed by atoms with Crippen LogP contribution in [0.4, 0.5) is 4.79 Å². The summed E-state index contributed by atoms with van der Waals surface area (Å²) in [4.78, 5) is 27.4. The predicted molar refractivity (Wildman–Crippen MR) is 81.2 cm³/mol. The Kier molecular flexibility index (Phi) is 5.88. The third kappa shape index (κ3) is 4.61. The molecule has 2 amide bonds. The minimum absolute atomic E-state index is 0.141. The molecule has 21 heavy (non-hydrogen) atoms. The Balaban J connectivity index is 1.90. The van der Waals surface area contributed by atoms with Crippen LogP contribution in [0.1, 0.15) is 51.9 Å². The maximum absolute atomic E-state index is 12.6. The molecule has 2 aliphatic heterocycles. The standard InChI is InChI=1S/C16H28N2O3/c1-13(11-15(19)20)14-7-6-10-18(12-14)16(21)17-8-4-2-3-5-9-17/h13-14H,2-12H2,1H3,(H,19,20). The van der Waals surface area contributed by atoms with E-state index in [0.29, 0.717) is 5.92 Å². The summed E-state index contributed by atoms with van der Waals surface area (Å²) >= 11 is 0. The van der Waals surface area contributed by atoms with Gasteiger partial charge in [-0.3, -0.25) is 4.79 Å². The highest BCUT2D eigenvalue weighted by molar-refractivity contribution is 5.74. The van der Waals surface area contributed by atoms with Crippen LogP contribution >= 0.6 is 0 Å². The molecule has 5 nitrogen and oxygen atoms in total. The van der Waals surface area contributed by atoms with Crippen LogP contribution in [0.2, 0.25) is 0 Å². The van der Waals surface area contributed by atoms with Gasteiger partial charge in [-0.25, -0.2) is 4.79 Å². The zero-order chi connectivity index (χ0) is 15.2. The van der Waals surface area contributed by atoms with E-state index in [1.54, 1.807) is 0 Å². The number of rotatable bonds is 3. The molecule has 120 valence electrons. The fourth-order valence-electron chi connectivity index (χ4n) is 3.55. The Bertz CT molecular complexity index is 365. The number of carbonyl (C=O) groups excluding carboxylic acids is 1. The van der Waals surface area contributed by atoms with Crippen molar-refractivity contribution in [2.24, 2.45) is 11.8 Å². The van der Waals surface area contributed by atoms with Crippen LogP contribution in [0.15, 0.2) is 0 Å². The minimum Gasteiger partial charge on any atom is -0.481 e. The van der Waals surface area contributed by atoms with Crippen molar-refractivity contribution in [1.29, 1.82) is 0 Å². The van der Waals surface area contributed by atoms with Crippen molar-refractivity contribution in [3.8, 4) is 0 Å². The Hall–Kier alpha value is -1.26. The van der Waals surface area contributed by atoms with Gasteiger partial charge in [-0.1, -0.05) is 19.8 Å². The molecule has 0 aliphatic carbocycles. The van der Waals surface area contributed by atoms with Crippen molar-refractivity contribution in [3.63, 3.8) is 0 Å². The molecule has 1 N–H and O–H groups in total. The lowest BCUT2D eigenvalue weighted by atomic mass is 9.85. The van der Waals surface area contributed by atoms with Gasteiger partial charge < -0.3 is 14.9 Å². The zero-order valence-electron chi connectivity index (χ0n) is 13.1. The normalized spacial score (nSPS) is 25.3. The molecule has 2 aliphatic rings. The largest absolute Gasteiger partial charge is 0.481 e. The van der Waals surface area contributed by atoms with Gasteiger partial charge in [0, 0.05) is 32.6 Å². The van der Waals surface area contributed by atoms with Crippen LogP contribution in [0, 0.1) is 11.8 Å². The number of carbonyl (C=O) groups is 2. The highest BCUT2D eigenvalue weighted by Crippen LogP contribution is 2.27. The fraction of sp³-hybridized carbons (Fsp3) is 0.875. The first-order valence-electron chi connectivity index (χ1n) is 8.33. The first-order valence-corrected chi connectivity index (χ1v) is 8.33. The molecule has 2 unspecified atom stereocenters. The maximum atomic E-state index is 12.6. The van der Waals surface area contributed by atoms with Gasteiger partial charge in [0.25, 0.3) is 0 Å². The van der Waals surface area contributed by atoms with Gasteiger partial charge in [-0.2, -0.15) is 0 Å². The lowest BCUT2D eigenvalue weighted by Gasteiger charge is -2.38. The molecule has 0 aromatic heterocycles. The van der Waals surface area contributed by atoms with Crippen molar-refractivity contribution in [2.75, 3.05) is 26.2 Å². The smallest absolute Gasteiger partial charge is 0.320 e. The van der Waals surface area contributed by atoms with Gasteiger partial charge >= 0.3 is 12.0 Å². The monoisotopic (exact) mass is 296 g/mol. The highest BCUT2D eigenvalue weighted by Gasteiger charge is 2.30. The first kappa shape index (κ1) is 16.1. The van der Waals surface area contributed by atoms with Gasteiger partial charge in [0.1, 0.15) is 0 Å². The molecule has 2 rings (SSSR count). The van der Waals surface area contributed by atoms with E-state index in [4.69, 9.17) is 5.11 Å². The van der Waals surface area contributed by atoms with Crippen LogP contribution in [-0.4, -0.2) is 53.1 Å². The summed E-state index contributed by atoms with van der Waals surface area (Å²) in [6.07, 6.45) is 6.91. The molecule has 0 radical (unpaired) electrons. The van der Waals surface area contributed by atoms with Gasteiger partial charge in [0.05, 0.1) is 0 Å². The summed E-state index contributed by atoms with van der Waals surface area (Å²) in [5, 5.41) is 8.94. The fourth-order valence-corrected chi connectivity index (χ4v) is 3.55. The van der Waals surface area contributed by atoms with Gasteiger partial charge in [0.2, 0.25) is 0 Å². The summed E-state index contributed by atoms with van der Waals surface area (Å²) in [5.41, 5.74) is 0. The summed E-state index contributed by atoms with van der Waals surface area (Å²) in [6, 6.07) is 0.170. The summed E-state index contributed by atoms with van der Waals surface area (Å²) in [7, 11) is 0. The van der Waals surface area contributed by atoms with Crippen LogP contribution in [-0.2, 0) is 4.79 Å². The highest BCUT2D eigenvalue weighted by atomic mass is 16.4. The average molecular weight is 296 g/mol. The molecule has 2 heterocycles. The minimum atomic E-state index is -0.738. The van der Waals surface area contributed by atoms with Gasteiger partial charge in [-0.15, -0.1) is 0 Å². The van der Waals surface area contributed by atoms with E-state index in [1.165, 1.54) is 12.8 Å². The van der Waals surface area contributed by atoms with Crippen LogP contribution < -0.4 is 0 Å². The number of aliphatic carboxylic acids is 1. The summed E-state index contributed by atoms with van der Waals surface area (Å²) in [6.45, 7) is 5.31. The first-order chi connectivity index (χ1) is 10.1. The SMILES string of the molecule is CC(CC(=O)O)C1CCCN(C(=O)N2CCCCCC2)C1. The molecule has 2 fully saturated rings. The molecule has 0 spiro atoms. The Morgan fingerprint density at radius 3 is 2.29 bits per heavy atom. The number of carboxylic acid groups (broad SMARTS) is 1. The van der Waals surface area contributed by atoms with E-state index in [2.05, 4.69) is 0 Å². The molecule has 5 heteroatoms. The number of nitrogens with zero attached hydrogens (tertiary/aromatic N) is 2. The average Bonchev–Trinajstić information content (AvgIpc) is 2.75. The number of piperidine rings is 1. The zero-order valence-corrected chi connectivity index (χ0v) is 13.1. The third-order valence-corrected chi connectivity index (χ3v) is 4.91. The number of carboxylic acids is 1. The number of amides is 2. The number of hydrogen-bond acceptors (Lipinski definition) is 2. The Morgan fingerprint density at radius 1 is 1.05 bits per heavy atom. The molecule has 0 bridgehead atoms. The van der Waals surface area contributed by atoms with E-state index in [-0.39, 0.29) is 18.4 Å². The number of urea groups is 1. The van der Waals surface area contributed by atoms with Crippen molar-refractivity contribution in [3.05, 3.63) is 0 Å². The lowest BCUT2D eigenvalue weighted by molar-refractivity contribution is -0.138. The Labute approximate surface area is 127 Å². The second-order valence-corrected chi connectivity index (χ2v) is 6.61. The molecular formula is C16H28N2O3. The maximum Gasteiger partial charge on any atom is 0.320 e. The van der Waals surface area contributed by atoms with E-state index in [9.17, 15) is 9.59 Å². The third-order valence-electron chi connectivity index (χ3n) is 4.91. The van der Waals surface area contributed by atoms with Crippen LogP contribution in [0.5, 0.6) is 0 Å². The van der Waals surface area contributed by atoms with E-state index in [0.717, 1.165) is 51.9 Å². The molecular weight excluding hydrogens is 268 g/mol. The van der Waals surface area contributed by atoms with Crippen molar-refractivity contribution >= 4 is 12.0 Å². The number of hydrogen-bond donors (Lipinski definition) is 1. The number of likely N-dealkylation sites (tertiary alicyclic amines) is 2. The lowest BCUT2D eigenvalue weighted by Crippen LogP contribution is -2.48. The van der Waals surface area contributed by atoms with E-state index >= 15 is 0 Å². The van der Waals surface area contributed by atoms with Gasteiger partial charge in [-0.05, 0) is 37.5 Å². The van der Waals surface area contributed by atoms with Gasteiger partial charge in [0.15, 0.2) is 0 Å². The Morgan fingerprint density at radius 2 is 1.67 bits per heavy atom. The second-order valence-electron chi connectivity index (χ2n) is 6.61. The van der Waals surface area contributed by atoms with Crippen LogP contribution in [0.3, 0.4) is 0 Å². The van der Waals surface area contributed by atoms with Crippen LogP contribution in [0.25, 0.3) is 0 Å². The molecule has 0 aromatic rings. The topological polar surface area (TPSA) is 60.9 Å². The van der Waals surface area contributed by atoms with Crippen molar-refractivity contribution in [2.45, 2.75) is 51.9 Å². The second kappa shape index (κ2) is 7.66. The predicted octanol–water partition coefficient (Wildman–Crippen LogP) is 2.81. The molecule has 2 saturated heterocycles.